The molecule has 0 aliphatic carbocycles. The van der Waals surface area contributed by atoms with E-state index in [4.69, 9.17) is 0 Å². The van der Waals surface area contributed by atoms with E-state index in [1.165, 1.54) is 0 Å². The van der Waals surface area contributed by atoms with E-state index in [9.17, 15) is 9.59 Å². The summed E-state index contributed by atoms with van der Waals surface area (Å²) in [6.07, 6.45) is 2.47. The molecule has 1 rings (SSSR count). The number of carbonyl (C=O) groups excluding carboxylic acids is 2. The highest BCUT2D eigenvalue weighted by Gasteiger charge is 2.28. The first-order chi connectivity index (χ1) is 7.52. The van der Waals surface area contributed by atoms with Crippen LogP contribution in [-0.4, -0.2) is 54.2 Å². The molecule has 1 heterocycles. The molecule has 1 aliphatic heterocycles. The summed E-state index contributed by atoms with van der Waals surface area (Å²) in [5, 5.41) is 0. The van der Waals surface area contributed by atoms with Crippen LogP contribution >= 0.6 is 0 Å². The average molecular weight is 226 g/mol. The van der Waals surface area contributed by atoms with Gasteiger partial charge in [-0.2, -0.15) is 0 Å². The highest BCUT2D eigenvalue weighted by atomic mass is 16.2. The van der Waals surface area contributed by atoms with Gasteiger partial charge in [-0.05, 0) is 40.3 Å². The van der Waals surface area contributed by atoms with Gasteiger partial charge < -0.3 is 9.80 Å². The van der Waals surface area contributed by atoms with Gasteiger partial charge in [0.1, 0.15) is 0 Å². The van der Waals surface area contributed by atoms with Crippen LogP contribution in [0.5, 0.6) is 0 Å². The SMILES string of the molecule is CC(C)N(C)CCCCN1CCC(=O)C1=O. The molecular weight excluding hydrogens is 204 g/mol. The Morgan fingerprint density at radius 2 is 2.00 bits per heavy atom. The second kappa shape index (κ2) is 5.99. The molecule has 0 radical (unpaired) electrons. The van der Waals surface area contributed by atoms with Crippen molar-refractivity contribution >= 4 is 11.7 Å². The molecule has 0 aromatic rings. The Morgan fingerprint density at radius 3 is 2.50 bits per heavy atom. The van der Waals surface area contributed by atoms with Crippen molar-refractivity contribution in [2.24, 2.45) is 0 Å². The minimum absolute atomic E-state index is 0.223. The third-order valence-electron chi connectivity index (χ3n) is 3.20. The summed E-state index contributed by atoms with van der Waals surface area (Å²) >= 11 is 0. The number of hydrogen-bond donors (Lipinski definition) is 0. The van der Waals surface area contributed by atoms with E-state index in [2.05, 4.69) is 25.8 Å². The summed E-state index contributed by atoms with van der Waals surface area (Å²) in [5.41, 5.74) is 0. The summed E-state index contributed by atoms with van der Waals surface area (Å²) in [4.78, 5) is 26.3. The third kappa shape index (κ3) is 3.59. The van der Waals surface area contributed by atoms with Crippen LogP contribution in [0.15, 0.2) is 0 Å². The molecule has 4 nitrogen and oxygen atoms in total. The van der Waals surface area contributed by atoms with Gasteiger partial charge in [0.2, 0.25) is 5.78 Å². The monoisotopic (exact) mass is 226 g/mol. The van der Waals surface area contributed by atoms with E-state index < -0.39 is 0 Å². The Hall–Kier alpha value is -0.900. The molecule has 1 saturated heterocycles. The quantitative estimate of drug-likeness (QED) is 0.499. The Balaban J connectivity index is 2.12. The Morgan fingerprint density at radius 1 is 1.31 bits per heavy atom. The number of amides is 1. The number of ketones is 1. The molecule has 1 amide bonds. The van der Waals surface area contributed by atoms with Crippen LogP contribution in [0.25, 0.3) is 0 Å². The van der Waals surface area contributed by atoms with Crippen molar-refractivity contribution in [3.63, 3.8) is 0 Å². The van der Waals surface area contributed by atoms with Gasteiger partial charge in [0.25, 0.3) is 5.91 Å². The van der Waals surface area contributed by atoms with Crippen LogP contribution in [-0.2, 0) is 9.59 Å². The molecular formula is C12H22N2O2. The number of likely N-dealkylation sites (tertiary alicyclic amines) is 1. The van der Waals surface area contributed by atoms with Crippen molar-refractivity contribution in [3.8, 4) is 0 Å². The number of Topliss-reactive ketones (excluding diaryl/α,β-unsaturated/α-hetero) is 1. The van der Waals surface area contributed by atoms with Gasteiger partial charge in [-0.3, -0.25) is 9.59 Å². The molecule has 0 saturated carbocycles. The van der Waals surface area contributed by atoms with Crippen LogP contribution in [0.1, 0.15) is 33.1 Å². The van der Waals surface area contributed by atoms with Crippen LogP contribution in [0, 0.1) is 0 Å². The van der Waals surface area contributed by atoms with E-state index in [1.54, 1.807) is 4.90 Å². The van der Waals surface area contributed by atoms with Crippen LogP contribution < -0.4 is 0 Å². The maximum Gasteiger partial charge on any atom is 0.290 e. The molecule has 0 N–H and O–H groups in total. The number of nitrogens with zero attached hydrogens (tertiary/aromatic N) is 2. The predicted octanol–water partition coefficient (Wildman–Crippen LogP) is 0.908. The van der Waals surface area contributed by atoms with Crippen molar-refractivity contribution in [2.45, 2.75) is 39.2 Å². The molecule has 0 unspecified atom stereocenters. The fraction of sp³-hybridized carbons (Fsp3) is 0.833. The number of carbonyl (C=O) groups is 2. The molecule has 16 heavy (non-hydrogen) atoms. The smallest absolute Gasteiger partial charge is 0.290 e. The molecule has 0 spiro atoms. The molecule has 0 bridgehead atoms. The lowest BCUT2D eigenvalue weighted by Gasteiger charge is -2.21. The molecule has 92 valence electrons. The van der Waals surface area contributed by atoms with Crippen molar-refractivity contribution in [1.29, 1.82) is 0 Å². The molecule has 0 aromatic carbocycles. The molecule has 1 fully saturated rings. The largest absolute Gasteiger partial charge is 0.336 e. The van der Waals surface area contributed by atoms with Crippen molar-refractivity contribution in [2.75, 3.05) is 26.7 Å². The van der Waals surface area contributed by atoms with E-state index in [0.717, 1.165) is 25.9 Å². The van der Waals surface area contributed by atoms with E-state index in [1.807, 2.05) is 0 Å². The summed E-state index contributed by atoms with van der Waals surface area (Å²) in [5.74, 6) is -0.503. The second-order valence-electron chi connectivity index (χ2n) is 4.75. The summed E-state index contributed by atoms with van der Waals surface area (Å²) < 4.78 is 0. The van der Waals surface area contributed by atoms with Crippen molar-refractivity contribution < 1.29 is 9.59 Å². The van der Waals surface area contributed by atoms with E-state index in [0.29, 0.717) is 19.0 Å². The van der Waals surface area contributed by atoms with Gasteiger partial charge in [0.15, 0.2) is 0 Å². The van der Waals surface area contributed by atoms with Crippen molar-refractivity contribution in [3.05, 3.63) is 0 Å². The first-order valence-corrected chi connectivity index (χ1v) is 6.04. The average Bonchev–Trinajstić information content (AvgIpc) is 2.55. The highest BCUT2D eigenvalue weighted by molar-refractivity contribution is 6.37. The van der Waals surface area contributed by atoms with Crippen LogP contribution in [0.3, 0.4) is 0 Å². The van der Waals surface area contributed by atoms with Crippen molar-refractivity contribution in [1.82, 2.24) is 9.80 Å². The topological polar surface area (TPSA) is 40.6 Å². The fourth-order valence-corrected chi connectivity index (χ4v) is 1.76. The summed E-state index contributed by atoms with van der Waals surface area (Å²) in [7, 11) is 2.11. The first-order valence-electron chi connectivity index (χ1n) is 6.04. The zero-order chi connectivity index (χ0) is 12.1. The summed E-state index contributed by atoms with van der Waals surface area (Å²) in [6, 6.07) is 0.565. The second-order valence-corrected chi connectivity index (χ2v) is 4.75. The maximum atomic E-state index is 11.3. The third-order valence-corrected chi connectivity index (χ3v) is 3.20. The van der Waals surface area contributed by atoms with Gasteiger partial charge in [-0.15, -0.1) is 0 Å². The number of unbranched alkanes of at least 4 members (excludes halogenated alkanes) is 1. The highest BCUT2D eigenvalue weighted by Crippen LogP contribution is 2.08. The van der Waals surface area contributed by atoms with Gasteiger partial charge in [-0.25, -0.2) is 0 Å². The number of hydrogen-bond acceptors (Lipinski definition) is 3. The standard InChI is InChI=1S/C12H22N2O2/c1-10(2)13(3)7-4-5-8-14-9-6-11(15)12(14)16/h10H,4-9H2,1-3H3. The zero-order valence-electron chi connectivity index (χ0n) is 10.5. The van der Waals surface area contributed by atoms with Gasteiger partial charge in [0.05, 0.1) is 0 Å². The normalized spacial score (nSPS) is 16.9. The minimum Gasteiger partial charge on any atom is -0.336 e. The fourth-order valence-electron chi connectivity index (χ4n) is 1.76. The Bertz CT molecular complexity index is 264. The van der Waals surface area contributed by atoms with Gasteiger partial charge >= 0.3 is 0 Å². The Labute approximate surface area is 97.6 Å². The first kappa shape index (κ1) is 13.2. The lowest BCUT2D eigenvalue weighted by atomic mass is 10.2. The maximum absolute atomic E-state index is 11.3. The summed E-state index contributed by atoms with van der Waals surface area (Å²) in [6.45, 7) is 6.74. The van der Waals surface area contributed by atoms with Gasteiger partial charge in [-0.1, -0.05) is 0 Å². The minimum atomic E-state index is -0.280. The predicted molar refractivity (Wildman–Crippen MR) is 63.2 cm³/mol. The van der Waals surface area contributed by atoms with E-state index in [-0.39, 0.29) is 11.7 Å². The lowest BCUT2D eigenvalue weighted by molar-refractivity contribution is -0.140. The van der Waals surface area contributed by atoms with Crippen LogP contribution in [0.4, 0.5) is 0 Å². The van der Waals surface area contributed by atoms with E-state index >= 15 is 0 Å². The lowest BCUT2D eigenvalue weighted by Crippen LogP contribution is -2.30. The van der Waals surface area contributed by atoms with Crippen LogP contribution in [0.2, 0.25) is 0 Å². The molecule has 0 atom stereocenters. The molecule has 0 aromatic heterocycles. The Kier molecular flexibility index (Phi) is 4.93. The molecule has 4 heteroatoms. The van der Waals surface area contributed by atoms with Gasteiger partial charge in [0, 0.05) is 25.6 Å². The molecule has 1 aliphatic rings. The number of rotatable bonds is 6. The zero-order valence-corrected chi connectivity index (χ0v) is 10.5.